The van der Waals surface area contributed by atoms with Crippen molar-refractivity contribution in [3.63, 3.8) is 0 Å². The topological polar surface area (TPSA) is 67.3 Å². The Labute approximate surface area is 152 Å². The lowest BCUT2D eigenvalue weighted by molar-refractivity contribution is 0.0677. The number of piperidine rings is 1. The zero-order valence-electron chi connectivity index (χ0n) is 14.3. The Hall–Kier alpha value is -2.34. The molecular weight excluding hydrogens is 340 g/mol. The third-order valence-corrected chi connectivity index (χ3v) is 4.52. The average Bonchev–Trinajstić information content (AvgIpc) is 2.61. The smallest absolute Gasteiger partial charge is 0.272 e. The Morgan fingerprint density at radius 1 is 1.40 bits per heavy atom. The molecule has 1 unspecified atom stereocenters. The maximum absolute atomic E-state index is 12.7. The molecule has 2 aromatic rings. The number of halogens is 1. The zero-order chi connectivity index (χ0) is 17.8. The highest BCUT2D eigenvalue weighted by atomic mass is 35.5. The first-order valence-electron chi connectivity index (χ1n) is 8.29. The maximum atomic E-state index is 12.7. The van der Waals surface area contributed by atoms with Crippen LogP contribution in [0, 0.1) is 5.92 Å². The van der Waals surface area contributed by atoms with Crippen LogP contribution in [-0.4, -0.2) is 41.0 Å². The lowest BCUT2D eigenvalue weighted by Crippen LogP contribution is -2.39. The van der Waals surface area contributed by atoms with Crippen LogP contribution in [0.5, 0.6) is 5.75 Å². The molecule has 1 aliphatic rings. The summed E-state index contributed by atoms with van der Waals surface area (Å²) >= 11 is 6.13. The molecule has 6 nitrogen and oxygen atoms in total. The number of rotatable bonds is 4. The first-order valence-corrected chi connectivity index (χ1v) is 8.67. The van der Waals surface area contributed by atoms with E-state index in [4.69, 9.17) is 16.3 Å². The van der Waals surface area contributed by atoms with Gasteiger partial charge < -0.3 is 15.0 Å². The van der Waals surface area contributed by atoms with Crippen LogP contribution in [0.15, 0.2) is 30.5 Å². The van der Waals surface area contributed by atoms with E-state index >= 15 is 0 Å². The fourth-order valence-corrected chi connectivity index (χ4v) is 3.20. The fraction of sp³-hybridized carbons (Fsp3) is 0.389. The molecule has 25 heavy (non-hydrogen) atoms. The van der Waals surface area contributed by atoms with Gasteiger partial charge in [-0.15, -0.1) is 0 Å². The number of nitrogens with one attached hydrogen (secondary N) is 1. The Balaban J connectivity index is 1.75. The summed E-state index contributed by atoms with van der Waals surface area (Å²) in [5, 5.41) is 3.56. The summed E-state index contributed by atoms with van der Waals surface area (Å²) in [4.78, 5) is 23.1. The van der Waals surface area contributed by atoms with E-state index < -0.39 is 0 Å². The monoisotopic (exact) mass is 360 g/mol. The molecule has 0 saturated carbocycles. The van der Waals surface area contributed by atoms with Crippen LogP contribution in [0.3, 0.4) is 0 Å². The highest BCUT2D eigenvalue weighted by Crippen LogP contribution is 2.28. The number of carbonyl (C=O) groups is 1. The number of aromatic nitrogens is 2. The van der Waals surface area contributed by atoms with Crippen molar-refractivity contribution >= 4 is 29.1 Å². The maximum Gasteiger partial charge on any atom is 0.272 e. The van der Waals surface area contributed by atoms with E-state index in [9.17, 15) is 4.79 Å². The van der Waals surface area contributed by atoms with Crippen molar-refractivity contribution in [2.45, 2.75) is 19.8 Å². The number of methoxy groups -OCH3 is 1. The predicted molar refractivity (Wildman–Crippen MR) is 97.6 cm³/mol. The second-order valence-corrected chi connectivity index (χ2v) is 6.65. The Bertz CT molecular complexity index is 768. The standard InChI is InChI=1S/C18H21ClN4O2/c1-12-4-3-9-23(11-12)17(24)15-7-8-20-18(22-15)21-13-5-6-16(25-2)14(19)10-13/h5-8,10,12H,3-4,9,11H2,1-2H3,(H,20,21,22). The molecule has 1 aliphatic heterocycles. The first-order chi connectivity index (χ1) is 12.1. The molecule has 0 bridgehead atoms. The second-order valence-electron chi connectivity index (χ2n) is 6.24. The molecule has 0 spiro atoms. The van der Waals surface area contributed by atoms with Gasteiger partial charge in [0.2, 0.25) is 5.95 Å². The normalized spacial score (nSPS) is 17.2. The highest BCUT2D eigenvalue weighted by molar-refractivity contribution is 6.32. The molecule has 1 amide bonds. The van der Waals surface area contributed by atoms with Crippen molar-refractivity contribution < 1.29 is 9.53 Å². The summed E-state index contributed by atoms with van der Waals surface area (Å²) < 4.78 is 5.14. The molecule has 1 aromatic carbocycles. The third-order valence-electron chi connectivity index (χ3n) is 4.23. The Morgan fingerprint density at radius 3 is 2.96 bits per heavy atom. The molecule has 132 valence electrons. The minimum absolute atomic E-state index is 0.0511. The van der Waals surface area contributed by atoms with Crippen molar-refractivity contribution in [3.8, 4) is 5.75 Å². The minimum atomic E-state index is -0.0511. The second kappa shape index (κ2) is 7.70. The molecular formula is C18H21ClN4O2. The number of likely N-dealkylation sites (tertiary alicyclic amines) is 1. The molecule has 2 heterocycles. The van der Waals surface area contributed by atoms with Crippen molar-refractivity contribution in [2.75, 3.05) is 25.5 Å². The summed E-state index contributed by atoms with van der Waals surface area (Å²) in [7, 11) is 1.56. The van der Waals surface area contributed by atoms with E-state index in [1.807, 2.05) is 11.0 Å². The Morgan fingerprint density at radius 2 is 2.24 bits per heavy atom. The van der Waals surface area contributed by atoms with Crippen LogP contribution in [0.4, 0.5) is 11.6 Å². The third kappa shape index (κ3) is 4.20. The van der Waals surface area contributed by atoms with Crippen LogP contribution in [0.2, 0.25) is 5.02 Å². The van der Waals surface area contributed by atoms with Gasteiger partial charge in [0.15, 0.2) is 0 Å². The lowest BCUT2D eigenvalue weighted by Gasteiger charge is -2.30. The van der Waals surface area contributed by atoms with Crippen molar-refractivity contribution in [1.29, 1.82) is 0 Å². The van der Waals surface area contributed by atoms with Gasteiger partial charge in [-0.3, -0.25) is 4.79 Å². The molecule has 3 rings (SSSR count). The van der Waals surface area contributed by atoms with Gasteiger partial charge in [-0.05, 0) is 43.0 Å². The number of ether oxygens (including phenoxy) is 1. The molecule has 0 radical (unpaired) electrons. The van der Waals surface area contributed by atoms with E-state index in [1.165, 1.54) is 6.42 Å². The molecule has 1 fully saturated rings. The van der Waals surface area contributed by atoms with E-state index in [0.717, 1.165) is 25.2 Å². The van der Waals surface area contributed by atoms with Crippen LogP contribution < -0.4 is 10.1 Å². The van der Waals surface area contributed by atoms with Gasteiger partial charge >= 0.3 is 0 Å². The Kier molecular flexibility index (Phi) is 5.38. The van der Waals surface area contributed by atoms with Crippen molar-refractivity contribution in [1.82, 2.24) is 14.9 Å². The number of carbonyl (C=O) groups excluding carboxylic acids is 1. The number of hydrogen-bond acceptors (Lipinski definition) is 5. The van der Waals surface area contributed by atoms with Crippen LogP contribution in [0.1, 0.15) is 30.3 Å². The van der Waals surface area contributed by atoms with E-state index in [-0.39, 0.29) is 5.91 Å². The minimum Gasteiger partial charge on any atom is -0.495 e. The number of hydrogen-bond donors (Lipinski definition) is 1. The summed E-state index contributed by atoms with van der Waals surface area (Å²) in [6.45, 7) is 3.73. The zero-order valence-corrected chi connectivity index (χ0v) is 15.1. The van der Waals surface area contributed by atoms with Gasteiger partial charge in [0.05, 0.1) is 12.1 Å². The van der Waals surface area contributed by atoms with Gasteiger partial charge in [-0.2, -0.15) is 0 Å². The number of benzene rings is 1. The lowest BCUT2D eigenvalue weighted by atomic mass is 10.00. The number of anilines is 2. The largest absolute Gasteiger partial charge is 0.495 e. The van der Waals surface area contributed by atoms with Gasteiger partial charge in [-0.25, -0.2) is 9.97 Å². The molecule has 7 heteroatoms. The van der Waals surface area contributed by atoms with Crippen molar-refractivity contribution in [3.05, 3.63) is 41.2 Å². The first kappa shape index (κ1) is 17.5. The van der Waals surface area contributed by atoms with Crippen LogP contribution >= 0.6 is 11.6 Å². The molecule has 1 atom stereocenters. The van der Waals surface area contributed by atoms with E-state index in [0.29, 0.717) is 28.3 Å². The summed E-state index contributed by atoms with van der Waals surface area (Å²) in [5.41, 5.74) is 1.12. The van der Waals surface area contributed by atoms with Crippen molar-refractivity contribution in [2.24, 2.45) is 5.92 Å². The SMILES string of the molecule is COc1ccc(Nc2nccc(C(=O)N3CCCC(C)C3)n2)cc1Cl. The van der Waals surface area contributed by atoms with Gasteiger partial charge in [-0.1, -0.05) is 18.5 Å². The van der Waals surface area contributed by atoms with E-state index in [2.05, 4.69) is 22.2 Å². The number of amides is 1. The fourth-order valence-electron chi connectivity index (χ4n) is 2.95. The average molecular weight is 361 g/mol. The van der Waals surface area contributed by atoms with Crippen LogP contribution in [-0.2, 0) is 0 Å². The quantitative estimate of drug-likeness (QED) is 0.899. The summed E-state index contributed by atoms with van der Waals surface area (Å²) in [6, 6.07) is 6.95. The van der Waals surface area contributed by atoms with E-state index in [1.54, 1.807) is 31.5 Å². The summed E-state index contributed by atoms with van der Waals surface area (Å²) in [6.07, 6.45) is 3.78. The molecule has 0 aliphatic carbocycles. The van der Waals surface area contributed by atoms with Gasteiger partial charge in [0.25, 0.3) is 5.91 Å². The van der Waals surface area contributed by atoms with Crippen LogP contribution in [0.25, 0.3) is 0 Å². The molecule has 1 saturated heterocycles. The molecule has 1 N–H and O–H groups in total. The predicted octanol–water partition coefficient (Wildman–Crippen LogP) is 3.75. The number of nitrogens with zero attached hydrogens (tertiary/aromatic N) is 3. The highest BCUT2D eigenvalue weighted by Gasteiger charge is 2.23. The summed E-state index contributed by atoms with van der Waals surface area (Å²) in [5.74, 6) is 1.43. The van der Waals surface area contributed by atoms with Gasteiger partial charge in [0.1, 0.15) is 11.4 Å². The van der Waals surface area contributed by atoms with Gasteiger partial charge in [0, 0.05) is 25.0 Å². The molecule has 1 aromatic heterocycles.